The van der Waals surface area contributed by atoms with E-state index in [-0.39, 0.29) is 5.69 Å². The Labute approximate surface area is 171 Å². The van der Waals surface area contributed by atoms with E-state index >= 15 is 0 Å². The lowest BCUT2D eigenvalue weighted by Gasteiger charge is -2.07. The third kappa shape index (κ3) is 4.10. The van der Waals surface area contributed by atoms with Crippen molar-refractivity contribution in [3.05, 3.63) is 81.9 Å². The number of aromatic nitrogens is 4. The van der Waals surface area contributed by atoms with Gasteiger partial charge in [0.1, 0.15) is 0 Å². The van der Waals surface area contributed by atoms with Crippen LogP contribution in [0.15, 0.2) is 65.8 Å². The van der Waals surface area contributed by atoms with Crippen molar-refractivity contribution >= 4 is 23.1 Å². The number of hydrogen-bond acceptors (Lipinski definition) is 6. The lowest BCUT2D eigenvalue weighted by atomic mass is 10.1. The lowest BCUT2D eigenvalue weighted by Crippen LogP contribution is -2.04. The van der Waals surface area contributed by atoms with Gasteiger partial charge in [-0.15, -0.1) is 10.2 Å². The number of benzene rings is 2. The molecule has 0 unspecified atom stereocenters. The van der Waals surface area contributed by atoms with E-state index in [0.29, 0.717) is 33.4 Å². The van der Waals surface area contributed by atoms with Crippen molar-refractivity contribution in [3.63, 3.8) is 0 Å². The fraction of sp³-hybridized carbons (Fsp3) is 0.105. The smallest absolute Gasteiger partial charge is 0.258 e. The first-order valence-corrected chi connectivity index (χ1v) is 9.56. The van der Waals surface area contributed by atoms with E-state index in [9.17, 15) is 23.3 Å². The minimum Gasteiger partial charge on any atom is -0.258 e. The third-order valence-electron chi connectivity index (χ3n) is 4.24. The predicted molar refractivity (Wildman–Crippen MR) is 104 cm³/mol. The summed E-state index contributed by atoms with van der Waals surface area (Å²) < 4.78 is 39.5. The maximum absolute atomic E-state index is 12.7. The summed E-state index contributed by atoms with van der Waals surface area (Å²) in [4.78, 5) is 10.5. The topological polar surface area (TPSA) is 86.2 Å². The molecular weight excluding hydrogens is 419 g/mol. The average Bonchev–Trinajstić information content (AvgIpc) is 3.14. The summed E-state index contributed by atoms with van der Waals surface area (Å²) in [5.74, 6) is 0.377. The molecule has 2 aromatic carbocycles. The van der Waals surface area contributed by atoms with Gasteiger partial charge in [-0.25, -0.2) is 0 Å². The molecule has 0 aliphatic rings. The Hall–Kier alpha value is -3.47. The molecule has 152 valence electrons. The molecule has 0 saturated carbocycles. The van der Waals surface area contributed by atoms with Gasteiger partial charge in [0.2, 0.25) is 5.16 Å². The Balaban J connectivity index is 1.57. The van der Waals surface area contributed by atoms with Crippen LogP contribution in [-0.4, -0.2) is 24.7 Å². The summed E-state index contributed by atoms with van der Waals surface area (Å²) in [6, 6.07) is 14.4. The van der Waals surface area contributed by atoms with E-state index in [1.807, 2.05) is 0 Å². The number of nitro groups is 1. The van der Waals surface area contributed by atoms with Crippen LogP contribution < -0.4 is 0 Å². The van der Waals surface area contributed by atoms with Gasteiger partial charge >= 0.3 is 6.18 Å². The van der Waals surface area contributed by atoms with Crippen LogP contribution in [0.25, 0.3) is 16.9 Å². The second-order valence-corrected chi connectivity index (χ2v) is 7.20. The van der Waals surface area contributed by atoms with Crippen molar-refractivity contribution in [3.8, 4) is 11.3 Å². The first kappa shape index (κ1) is 19.8. The zero-order chi connectivity index (χ0) is 21.3. The van der Waals surface area contributed by atoms with Gasteiger partial charge in [0.15, 0.2) is 5.65 Å². The van der Waals surface area contributed by atoms with Crippen LogP contribution in [0, 0.1) is 10.1 Å². The molecule has 0 saturated heterocycles. The van der Waals surface area contributed by atoms with Crippen LogP contribution in [-0.2, 0) is 11.9 Å². The summed E-state index contributed by atoms with van der Waals surface area (Å²) in [6.07, 6.45) is -4.37. The van der Waals surface area contributed by atoms with E-state index in [2.05, 4.69) is 15.3 Å². The van der Waals surface area contributed by atoms with Crippen LogP contribution in [0.2, 0.25) is 0 Å². The third-order valence-corrected chi connectivity index (χ3v) is 5.23. The van der Waals surface area contributed by atoms with Gasteiger partial charge < -0.3 is 0 Å². The minimum absolute atomic E-state index is 0.0462. The van der Waals surface area contributed by atoms with Gasteiger partial charge in [0.05, 0.1) is 16.2 Å². The Morgan fingerprint density at radius 3 is 2.50 bits per heavy atom. The van der Waals surface area contributed by atoms with Crippen LogP contribution >= 0.6 is 11.8 Å². The van der Waals surface area contributed by atoms with Gasteiger partial charge in [0, 0.05) is 23.4 Å². The van der Waals surface area contributed by atoms with Crippen molar-refractivity contribution < 1.29 is 18.1 Å². The number of alkyl halides is 3. The molecule has 0 aliphatic carbocycles. The van der Waals surface area contributed by atoms with Crippen molar-refractivity contribution in [1.29, 1.82) is 0 Å². The molecule has 4 aromatic rings. The Kier molecular flexibility index (Phi) is 5.12. The van der Waals surface area contributed by atoms with Crippen LogP contribution in [0.3, 0.4) is 0 Å². The second kappa shape index (κ2) is 7.75. The molecule has 0 spiro atoms. The second-order valence-electron chi connectivity index (χ2n) is 6.26. The van der Waals surface area contributed by atoms with E-state index in [0.717, 1.165) is 12.1 Å². The zero-order valence-electron chi connectivity index (χ0n) is 15.1. The number of thioether (sulfide) groups is 1. The van der Waals surface area contributed by atoms with Gasteiger partial charge in [-0.2, -0.15) is 22.8 Å². The lowest BCUT2D eigenvalue weighted by molar-refractivity contribution is -0.384. The minimum atomic E-state index is -4.37. The highest BCUT2D eigenvalue weighted by atomic mass is 32.2. The normalized spacial score (nSPS) is 11.7. The van der Waals surface area contributed by atoms with Gasteiger partial charge in [-0.3, -0.25) is 10.1 Å². The Morgan fingerprint density at radius 1 is 1.03 bits per heavy atom. The summed E-state index contributed by atoms with van der Waals surface area (Å²) in [7, 11) is 0. The fourth-order valence-electron chi connectivity index (χ4n) is 2.73. The maximum atomic E-state index is 12.7. The van der Waals surface area contributed by atoms with Gasteiger partial charge in [0.25, 0.3) is 5.69 Å². The van der Waals surface area contributed by atoms with Gasteiger partial charge in [-0.05, 0) is 29.8 Å². The molecular formula is C19H12F3N5O2S. The molecule has 2 aromatic heterocycles. The molecule has 0 bridgehead atoms. The number of hydrogen-bond donors (Lipinski definition) is 0. The van der Waals surface area contributed by atoms with E-state index in [1.54, 1.807) is 24.3 Å². The monoisotopic (exact) mass is 431 g/mol. The van der Waals surface area contributed by atoms with Crippen molar-refractivity contribution in [2.75, 3.05) is 0 Å². The molecule has 0 atom stereocenters. The number of non-ortho nitro benzene ring substituents is 1. The largest absolute Gasteiger partial charge is 0.416 e. The van der Waals surface area contributed by atoms with E-state index in [4.69, 9.17) is 0 Å². The first-order valence-electron chi connectivity index (χ1n) is 8.57. The summed E-state index contributed by atoms with van der Waals surface area (Å²) in [5, 5.41) is 24.0. The molecule has 2 heterocycles. The molecule has 4 rings (SSSR count). The summed E-state index contributed by atoms with van der Waals surface area (Å²) in [6.45, 7) is 0. The fourth-order valence-corrected chi connectivity index (χ4v) is 3.57. The highest BCUT2D eigenvalue weighted by Crippen LogP contribution is 2.30. The number of halogens is 3. The predicted octanol–water partition coefficient (Wildman–Crippen LogP) is 5.01. The molecule has 30 heavy (non-hydrogen) atoms. The standard InChI is InChI=1S/C19H12F3N5O2S/c20-19(21,22)14-6-4-12(5-7-14)11-30-18-24-23-17-9-8-16(25-26(17)18)13-2-1-3-15(10-13)27(28)29/h1-10H,11H2. The highest BCUT2D eigenvalue weighted by Gasteiger charge is 2.29. The Morgan fingerprint density at radius 2 is 1.80 bits per heavy atom. The van der Waals surface area contributed by atoms with E-state index in [1.165, 1.54) is 40.5 Å². The average molecular weight is 431 g/mol. The van der Waals surface area contributed by atoms with Crippen molar-refractivity contribution in [2.45, 2.75) is 17.1 Å². The Bertz CT molecular complexity index is 1230. The zero-order valence-corrected chi connectivity index (χ0v) is 15.9. The molecule has 11 heteroatoms. The molecule has 0 N–H and O–H groups in total. The van der Waals surface area contributed by atoms with Gasteiger partial charge in [-0.1, -0.05) is 36.0 Å². The maximum Gasteiger partial charge on any atom is 0.416 e. The van der Waals surface area contributed by atoms with E-state index < -0.39 is 16.7 Å². The van der Waals surface area contributed by atoms with Crippen molar-refractivity contribution in [1.82, 2.24) is 19.8 Å². The van der Waals surface area contributed by atoms with Crippen LogP contribution in [0.4, 0.5) is 18.9 Å². The molecule has 7 nitrogen and oxygen atoms in total. The van der Waals surface area contributed by atoms with Crippen LogP contribution in [0.1, 0.15) is 11.1 Å². The number of fused-ring (bicyclic) bond motifs is 1. The summed E-state index contributed by atoms with van der Waals surface area (Å²) in [5.41, 5.74) is 1.50. The number of nitrogens with zero attached hydrogens (tertiary/aromatic N) is 5. The molecule has 0 aliphatic heterocycles. The summed E-state index contributed by atoms with van der Waals surface area (Å²) >= 11 is 1.27. The SMILES string of the molecule is O=[N+]([O-])c1cccc(-c2ccc3nnc(SCc4ccc(C(F)(F)F)cc4)n3n2)c1. The molecule has 0 amide bonds. The van der Waals surface area contributed by atoms with Crippen LogP contribution in [0.5, 0.6) is 0 Å². The number of rotatable bonds is 5. The number of nitro benzene ring substituents is 1. The highest BCUT2D eigenvalue weighted by molar-refractivity contribution is 7.98. The first-order chi connectivity index (χ1) is 14.3. The molecule has 0 fully saturated rings. The van der Waals surface area contributed by atoms with Crippen molar-refractivity contribution in [2.24, 2.45) is 0 Å². The quantitative estimate of drug-likeness (QED) is 0.251. The molecule has 0 radical (unpaired) electrons.